The molecule has 1 unspecified atom stereocenters. The maximum absolute atomic E-state index is 13.3. The molecule has 1 heterocycles. The lowest BCUT2D eigenvalue weighted by Gasteiger charge is -2.30. The highest BCUT2D eigenvalue weighted by Gasteiger charge is 2.34. The second kappa shape index (κ2) is 14.8. The van der Waals surface area contributed by atoms with Crippen molar-refractivity contribution in [1.82, 2.24) is 20.6 Å². The van der Waals surface area contributed by atoms with E-state index >= 15 is 0 Å². The average Bonchev–Trinajstić information content (AvgIpc) is 3.31. The van der Waals surface area contributed by atoms with Crippen molar-refractivity contribution in [2.24, 2.45) is 29.4 Å². The van der Waals surface area contributed by atoms with E-state index in [0.29, 0.717) is 24.5 Å². The number of nitrogens with zero attached hydrogens (tertiary/aromatic N) is 1. The zero-order valence-electron chi connectivity index (χ0n) is 22.2. The van der Waals surface area contributed by atoms with E-state index in [1.54, 1.807) is 6.20 Å². The second-order valence-corrected chi connectivity index (χ2v) is 10.2. The summed E-state index contributed by atoms with van der Waals surface area (Å²) in [7, 11) is 1.25. The van der Waals surface area contributed by atoms with E-state index in [9.17, 15) is 19.5 Å². The Hall–Kier alpha value is -2.46. The number of aliphatic hydroxyl groups excluding tert-OH is 1. The van der Waals surface area contributed by atoms with Gasteiger partial charge in [0.05, 0.1) is 25.2 Å². The highest BCUT2D eigenvalue weighted by molar-refractivity contribution is 5.91. The van der Waals surface area contributed by atoms with Crippen LogP contribution in [0.2, 0.25) is 0 Å². The number of aliphatic hydroxyl groups is 1. The number of esters is 1. The molecule has 0 bridgehead atoms. The van der Waals surface area contributed by atoms with Gasteiger partial charge >= 0.3 is 5.97 Å². The minimum absolute atomic E-state index is 0.0703. The van der Waals surface area contributed by atoms with Crippen LogP contribution in [0.15, 0.2) is 12.5 Å². The molecular formula is C25H45N5O5. The van der Waals surface area contributed by atoms with Crippen LogP contribution in [-0.2, 0) is 25.5 Å². The largest absolute Gasteiger partial charge is 0.467 e. The number of imidazole rings is 1. The van der Waals surface area contributed by atoms with Gasteiger partial charge in [-0.15, -0.1) is 0 Å². The number of amides is 2. The summed E-state index contributed by atoms with van der Waals surface area (Å²) < 4.78 is 4.85. The number of hydrogen-bond acceptors (Lipinski definition) is 7. The fourth-order valence-corrected chi connectivity index (χ4v) is 3.99. The normalized spacial score (nSPS) is 16.8. The van der Waals surface area contributed by atoms with Gasteiger partial charge in [-0.3, -0.25) is 9.59 Å². The molecule has 1 aromatic rings. The van der Waals surface area contributed by atoms with Crippen LogP contribution in [-0.4, -0.2) is 64.2 Å². The molecule has 6 N–H and O–H groups in total. The fraction of sp³-hybridized carbons (Fsp3) is 0.760. The smallest absolute Gasteiger partial charge is 0.328 e. The van der Waals surface area contributed by atoms with Crippen LogP contribution in [0, 0.1) is 23.7 Å². The van der Waals surface area contributed by atoms with Gasteiger partial charge < -0.3 is 31.2 Å². The number of methoxy groups -OCH3 is 1. The Balaban J connectivity index is 2.99. The van der Waals surface area contributed by atoms with Crippen molar-refractivity contribution in [3.05, 3.63) is 18.2 Å². The Labute approximate surface area is 209 Å². The third-order valence-corrected chi connectivity index (χ3v) is 6.44. The number of carbonyl (C=O) groups is 3. The van der Waals surface area contributed by atoms with E-state index in [4.69, 9.17) is 10.5 Å². The van der Waals surface area contributed by atoms with Crippen LogP contribution in [0.1, 0.15) is 66.5 Å². The molecule has 0 saturated heterocycles. The van der Waals surface area contributed by atoms with Crippen molar-refractivity contribution in [2.45, 2.75) is 91.5 Å². The van der Waals surface area contributed by atoms with Gasteiger partial charge in [0.1, 0.15) is 12.1 Å². The van der Waals surface area contributed by atoms with E-state index in [0.717, 1.165) is 0 Å². The predicted molar refractivity (Wildman–Crippen MR) is 134 cm³/mol. The Morgan fingerprint density at radius 3 is 2.26 bits per heavy atom. The van der Waals surface area contributed by atoms with Crippen molar-refractivity contribution >= 4 is 17.8 Å². The van der Waals surface area contributed by atoms with E-state index < -0.39 is 42.0 Å². The van der Waals surface area contributed by atoms with Crippen molar-refractivity contribution in [2.75, 3.05) is 7.11 Å². The summed E-state index contributed by atoms with van der Waals surface area (Å²) in [6.45, 7) is 11.7. The minimum Gasteiger partial charge on any atom is -0.467 e. The van der Waals surface area contributed by atoms with Crippen LogP contribution in [0.5, 0.6) is 0 Å². The van der Waals surface area contributed by atoms with Gasteiger partial charge in [0.15, 0.2) is 0 Å². The van der Waals surface area contributed by atoms with Crippen LogP contribution in [0.4, 0.5) is 0 Å². The van der Waals surface area contributed by atoms with Crippen molar-refractivity contribution in [1.29, 1.82) is 0 Å². The van der Waals surface area contributed by atoms with Gasteiger partial charge in [0, 0.05) is 24.6 Å². The lowest BCUT2D eigenvalue weighted by Crippen LogP contribution is -2.56. The van der Waals surface area contributed by atoms with Gasteiger partial charge in [-0.2, -0.15) is 0 Å². The molecule has 0 spiro atoms. The monoisotopic (exact) mass is 495 g/mol. The SMILES string of the molecule is CC[C@H](C)[C@H](NC(=O)[C@@H](C[C@H](O)C(N)CC(C)C)C(C)C)C(=O)N[C@@H](Cc1c[nH]cn1)C(=O)OC. The molecule has 2 amide bonds. The van der Waals surface area contributed by atoms with Gasteiger partial charge in [0.25, 0.3) is 0 Å². The number of rotatable bonds is 15. The molecule has 0 aliphatic carbocycles. The Morgan fingerprint density at radius 1 is 1.11 bits per heavy atom. The molecule has 10 nitrogen and oxygen atoms in total. The van der Waals surface area contributed by atoms with Crippen LogP contribution < -0.4 is 16.4 Å². The summed E-state index contributed by atoms with van der Waals surface area (Å²) in [5.74, 6) is -1.85. The molecule has 10 heteroatoms. The van der Waals surface area contributed by atoms with Crippen molar-refractivity contribution in [3.8, 4) is 0 Å². The van der Waals surface area contributed by atoms with Crippen molar-refractivity contribution < 1.29 is 24.2 Å². The zero-order valence-corrected chi connectivity index (χ0v) is 22.2. The molecular weight excluding hydrogens is 450 g/mol. The number of nitrogens with one attached hydrogen (secondary N) is 3. The Kier molecular flexibility index (Phi) is 13.0. The van der Waals surface area contributed by atoms with Crippen LogP contribution >= 0.6 is 0 Å². The summed E-state index contributed by atoms with van der Waals surface area (Å²) in [6.07, 6.45) is 3.93. The second-order valence-electron chi connectivity index (χ2n) is 10.2. The number of aromatic amines is 1. The first kappa shape index (κ1) is 30.6. The Morgan fingerprint density at radius 2 is 1.77 bits per heavy atom. The summed E-state index contributed by atoms with van der Waals surface area (Å²) in [6, 6.07) is -2.24. The molecule has 6 atom stereocenters. The molecule has 0 radical (unpaired) electrons. The standard InChI is InChI=1S/C25H45N5O5/c1-8-16(6)22(24(33)29-20(25(34)35-7)10-17-12-27-13-28-17)30-23(32)18(15(4)5)11-21(31)19(26)9-14(2)3/h12-16,18-22,31H,8-11,26H2,1-7H3,(H,27,28)(H,29,33)(H,30,32)/t16-,18-,19?,20-,21-,22-/m0/s1. The number of ether oxygens (including phenoxy) is 1. The maximum Gasteiger partial charge on any atom is 0.328 e. The van der Waals surface area contributed by atoms with E-state index in [2.05, 4.69) is 20.6 Å². The first-order valence-corrected chi connectivity index (χ1v) is 12.5. The topological polar surface area (TPSA) is 159 Å². The van der Waals surface area contributed by atoms with Crippen LogP contribution in [0.3, 0.4) is 0 Å². The van der Waals surface area contributed by atoms with Gasteiger partial charge in [-0.05, 0) is 30.6 Å². The highest BCUT2D eigenvalue weighted by atomic mass is 16.5. The zero-order chi connectivity index (χ0) is 26.7. The summed E-state index contributed by atoms with van der Waals surface area (Å²) in [5.41, 5.74) is 6.73. The number of carbonyl (C=O) groups excluding carboxylic acids is 3. The predicted octanol–water partition coefficient (Wildman–Crippen LogP) is 1.54. The number of hydrogen-bond donors (Lipinski definition) is 5. The van der Waals surface area contributed by atoms with Gasteiger partial charge in [-0.1, -0.05) is 48.0 Å². The lowest BCUT2D eigenvalue weighted by atomic mass is 9.85. The van der Waals surface area contributed by atoms with E-state index in [1.165, 1.54) is 13.4 Å². The number of aromatic nitrogens is 2. The van der Waals surface area contributed by atoms with E-state index in [1.807, 2.05) is 41.5 Å². The maximum atomic E-state index is 13.3. The van der Waals surface area contributed by atoms with Gasteiger partial charge in [-0.25, -0.2) is 9.78 Å². The highest BCUT2D eigenvalue weighted by Crippen LogP contribution is 2.22. The molecule has 0 aliphatic rings. The number of nitrogens with two attached hydrogens (primary N) is 1. The molecule has 0 aliphatic heterocycles. The molecule has 1 aromatic heterocycles. The fourth-order valence-electron chi connectivity index (χ4n) is 3.99. The minimum atomic E-state index is -0.948. The van der Waals surface area contributed by atoms with Crippen LogP contribution in [0.25, 0.3) is 0 Å². The molecule has 35 heavy (non-hydrogen) atoms. The molecule has 0 fully saturated rings. The Bertz CT molecular complexity index is 783. The molecule has 0 aromatic carbocycles. The molecule has 200 valence electrons. The molecule has 1 rings (SSSR count). The first-order valence-electron chi connectivity index (χ1n) is 12.5. The summed E-state index contributed by atoms with van der Waals surface area (Å²) in [4.78, 5) is 45.8. The number of H-pyrrole nitrogens is 1. The van der Waals surface area contributed by atoms with E-state index in [-0.39, 0.29) is 30.6 Å². The first-order chi connectivity index (χ1) is 16.4. The third kappa shape index (κ3) is 9.97. The molecule has 0 saturated carbocycles. The average molecular weight is 496 g/mol. The van der Waals surface area contributed by atoms with Gasteiger partial charge in [0.2, 0.25) is 11.8 Å². The summed E-state index contributed by atoms with van der Waals surface area (Å²) in [5, 5.41) is 16.2. The quantitative estimate of drug-likeness (QED) is 0.231. The lowest BCUT2D eigenvalue weighted by molar-refractivity contribution is -0.145. The third-order valence-electron chi connectivity index (χ3n) is 6.44. The van der Waals surface area contributed by atoms with Crippen molar-refractivity contribution in [3.63, 3.8) is 0 Å². The summed E-state index contributed by atoms with van der Waals surface area (Å²) >= 11 is 0.